The summed E-state index contributed by atoms with van der Waals surface area (Å²) in [4.78, 5) is 14.6. The van der Waals surface area contributed by atoms with Crippen molar-refractivity contribution < 1.29 is 13.9 Å². The molecule has 30 heavy (non-hydrogen) atoms. The van der Waals surface area contributed by atoms with Crippen LogP contribution in [-0.4, -0.2) is 46.5 Å². The van der Waals surface area contributed by atoms with Crippen LogP contribution < -0.4 is 4.74 Å². The van der Waals surface area contributed by atoms with Crippen molar-refractivity contribution in [2.45, 2.75) is 18.1 Å². The molecular weight excluding hydrogens is 422 g/mol. The molecule has 0 bridgehead atoms. The van der Waals surface area contributed by atoms with Crippen LogP contribution in [0.2, 0.25) is 5.02 Å². The van der Waals surface area contributed by atoms with E-state index in [9.17, 15) is 4.79 Å². The number of benzene rings is 2. The first-order valence-electron chi connectivity index (χ1n) is 9.85. The number of ether oxygens (including phenoxy) is 1. The predicted octanol–water partition coefficient (Wildman–Crippen LogP) is 4.80. The minimum Gasteiger partial charge on any atom is -0.493 e. The van der Waals surface area contributed by atoms with E-state index < -0.39 is 0 Å². The molecule has 0 spiro atoms. The first-order valence-corrected chi connectivity index (χ1v) is 11.2. The van der Waals surface area contributed by atoms with Crippen LogP contribution >= 0.6 is 23.4 Å². The molecule has 0 radical (unpaired) electrons. The van der Waals surface area contributed by atoms with Crippen molar-refractivity contribution in [1.29, 1.82) is 0 Å². The molecule has 156 valence electrons. The van der Waals surface area contributed by atoms with Crippen LogP contribution in [0.4, 0.5) is 0 Å². The lowest BCUT2D eigenvalue weighted by molar-refractivity contribution is -0.130. The fourth-order valence-corrected chi connectivity index (χ4v) is 4.14. The van der Waals surface area contributed by atoms with Crippen molar-refractivity contribution in [2.24, 2.45) is 5.92 Å². The van der Waals surface area contributed by atoms with Gasteiger partial charge in [0.05, 0.1) is 12.4 Å². The monoisotopic (exact) mass is 443 g/mol. The highest BCUT2D eigenvalue weighted by Gasteiger charge is 2.24. The number of hydrogen-bond acceptors (Lipinski definition) is 6. The Bertz CT molecular complexity index is 965. The molecule has 0 aliphatic carbocycles. The predicted molar refractivity (Wildman–Crippen MR) is 117 cm³/mol. The second kappa shape index (κ2) is 10.00. The first kappa shape index (κ1) is 20.8. The molecule has 1 aromatic heterocycles. The largest absolute Gasteiger partial charge is 0.493 e. The third-order valence-electron chi connectivity index (χ3n) is 4.92. The fourth-order valence-electron chi connectivity index (χ4n) is 3.35. The molecular formula is C22H22ClN3O3S. The zero-order valence-corrected chi connectivity index (χ0v) is 17.9. The Labute approximate surface area is 184 Å². The van der Waals surface area contributed by atoms with Crippen molar-refractivity contribution in [2.75, 3.05) is 25.4 Å². The number of halogens is 1. The molecule has 0 saturated carbocycles. The van der Waals surface area contributed by atoms with E-state index in [1.165, 1.54) is 11.8 Å². The number of thioether (sulfide) groups is 1. The van der Waals surface area contributed by atoms with E-state index in [1.807, 2.05) is 47.4 Å². The maximum absolute atomic E-state index is 12.7. The average Bonchev–Trinajstić information content (AvgIpc) is 3.26. The third kappa shape index (κ3) is 5.55. The molecule has 2 aromatic carbocycles. The van der Waals surface area contributed by atoms with E-state index >= 15 is 0 Å². The molecule has 6 nitrogen and oxygen atoms in total. The average molecular weight is 444 g/mol. The van der Waals surface area contributed by atoms with Gasteiger partial charge in [-0.15, -0.1) is 10.2 Å². The van der Waals surface area contributed by atoms with E-state index in [0.717, 1.165) is 30.7 Å². The van der Waals surface area contributed by atoms with E-state index in [2.05, 4.69) is 10.2 Å². The van der Waals surface area contributed by atoms with Crippen molar-refractivity contribution in [3.63, 3.8) is 0 Å². The SMILES string of the molecule is O=C(CSc1nnc(-c2ccc(Cl)cc2)o1)N1CCCC(COc2ccccc2)C1. The van der Waals surface area contributed by atoms with Gasteiger partial charge in [-0.2, -0.15) is 0 Å². The van der Waals surface area contributed by atoms with Gasteiger partial charge in [0.2, 0.25) is 11.8 Å². The molecule has 8 heteroatoms. The third-order valence-corrected chi connectivity index (χ3v) is 5.97. The van der Waals surface area contributed by atoms with Gasteiger partial charge in [0.15, 0.2) is 0 Å². The van der Waals surface area contributed by atoms with Gasteiger partial charge in [-0.1, -0.05) is 41.6 Å². The Kier molecular flexibility index (Phi) is 6.92. The van der Waals surface area contributed by atoms with Gasteiger partial charge in [-0.3, -0.25) is 4.79 Å². The number of hydrogen-bond donors (Lipinski definition) is 0. The first-order chi connectivity index (χ1) is 14.7. The topological polar surface area (TPSA) is 68.5 Å². The van der Waals surface area contributed by atoms with E-state index in [1.54, 1.807) is 12.1 Å². The standard InChI is InChI=1S/C22H22ClN3O3S/c23-18-10-8-17(9-11-18)21-24-25-22(29-21)30-15-20(27)26-12-4-5-16(13-26)14-28-19-6-2-1-3-7-19/h1-3,6-11,16H,4-5,12-15H2. The van der Waals surface area contributed by atoms with E-state index in [-0.39, 0.29) is 11.7 Å². The molecule has 1 atom stereocenters. The molecule has 1 fully saturated rings. The molecule has 1 aliphatic heterocycles. The molecule has 1 amide bonds. The van der Waals surface area contributed by atoms with Crippen molar-refractivity contribution in [3.05, 3.63) is 59.6 Å². The van der Waals surface area contributed by atoms with Gasteiger partial charge in [-0.05, 0) is 49.2 Å². The smallest absolute Gasteiger partial charge is 0.277 e. The van der Waals surface area contributed by atoms with Crippen LogP contribution in [0.15, 0.2) is 64.2 Å². The lowest BCUT2D eigenvalue weighted by Crippen LogP contribution is -2.42. The highest BCUT2D eigenvalue weighted by molar-refractivity contribution is 7.99. The lowest BCUT2D eigenvalue weighted by atomic mass is 9.99. The van der Waals surface area contributed by atoms with Gasteiger partial charge in [-0.25, -0.2) is 0 Å². The molecule has 4 rings (SSSR count). The number of piperidine rings is 1. The number of nitrogens with zero attached hydrogens (tertiary/aromatic N) is 3. The summed E-state index contributed by atoms with van der Waals surface area (Å²) in [7, 11) is 0. The van der Waals surface area contributed by atoms with Crippen LogP contribution in [0.5, 0.6) is 5.75 Å². The Balaban J connectivity index is 1.26. The quantitative estimate of drug-likeness (QED) is 0.488. The summed E-state index contributed by atoms with van der Waals surface area (Å²) in [5.74, 6) is 1.97. The Hall–Kier alpha value is -2.51. The second-order valence-electron chi connectivity index (χ2n) is 7.14. The summed E-state index contributed by atoms with van der Waals surface area (Å²) < 4.78 is 11.5. The molecule has 3 aromatic rings. The van der Waals surface area contributed by atoms with Gasteiger partial charge >= 0.3 is 0 Å². The van der Waals surface area contributed by atoms with Crippen molar-refractivity contribution in [3.8, 4) is 17.2 Å². The molecule has 2 heterocycles. The Morgan fingerprint density at radius 2 is 1.97 bits per heavy atom. The highest BCUT2D eigenvalue weighted by Crippen LogP contribution is 2.25. The van der Waals surface area contributed by atoms with E-state index in [0.29, 0.717) is 35.2 Å². The van der Waals surface area contributed by atoms with Gasteiger partial charge in [0, 0.05) is 29.6 Å². The lowest BCUT2D eigenvalue weighted by Gasteiger charge is -2.32. The molecule has 0 N–H and O–H groups in total. The number of para-hydroxylation sites is 1. The number of rotatable bonds is 7. The Morgan fingerprint density at radius 1 is 1.17 bits per heavy atom. The summed E-state index contributed by atoms with van der Waals surface area (Å²) in [6.45, 7) is 2.11. The number of aromatic nitrogens is 2. The summed E-state index contributed by atoms with van der Waals surface area (Å²) in [6, 6.07) is 17.0. The number of amides is 1. The number of likely N-dealkylation sites (tertiary alicyclic amines) is 1. The van der Waals surface area contributed by atoms with Crippen LogP contribution in [0.25, 0.3) is 11.5 Å². The molecule has 1 unspecified atom stereocenters. The Morgan fingerprint density at radius 3 is 2.77 bits per heavy atom. The number of carbonyl (C=O) groups is 1. The minimum atomic E-state index is 0.0793. The molecule has 1 aliphatic rings. The summed E-state index contributed by atoms with van der Waals surface area (Å²) in [5.41, 5.74) is 0.794. The van der Waals surface area contributed by atoms with Gasteiger partial charge < -0.3 is 14.1 Å². The minimum absolute atomic E-state index is 0.0793. The van der Waals surface area contributed by atoms with Crippen molar-refractivity contribution in [1.82, 2.24) is 15.1 Å². The summed E-state index contributed by atoms with van der Waals surface area (Å²) in [6.07, 6.45) is 2.05. The highest BCUT2D eigenvalue weighted by atomic mass is 35.5. The van der Waals surface area contributed by atoms with E-state index in [4.69, 9.17) is 20.8 Å². The maximum atomic E-state index is 12.7. The fraction of sp³-hybridized carbons (Fsp3) is 0.318. The number of carbonyl (C=O) groups excluding carboxylic acids is 1. The van der Waals surface area contributed by atoms with Crippen LogP contribution in [0, 0.1) is 5.92 Å². The summed E-state index contributed by atoms with van der Waals surface area (Å²) in [5, 5.41) is 9.11. The zero-order chi connectivity index (χ0) is 20.8. The van der Waals surface area contributed by atoms with Gasteiger partial charge in [0.1, 0.15) is 5.75 Å². The molecule has 1 saturated heterocycles. The van der Waals surface area contributed by atoms with Crippen LogP contribution in [0.1, 0.15) is 12.8 Å². The second-order valence-corrected chi connectivity index (χ2v) is 8.50. The normalized spacial score (nSPS) is 16.4. The van der Waals surface area contributed by atoms with Crippen LogP contribution in [-0.2, 0) is 4.79 Å². The van der Waals surface area contributed by atoms with Gasteiger partial charge in [0.25, 0.3) is 5.22 Å². The maximum Gasteiger partial charge on any atom is 0.277 e. The van der Waals surface area contributed by atoms with Crippen molar-refractivity contribution >= 4 is 29.3 Å². The summed E-state index contributed by atoms with van der Waals surface area (Å²) >= 11 is 7.17. The van der Waals surface area contributed by atoms with Crippen LogP contribution in [0.3, 0.4) is 0 Å². The zero-order valence-electron chi connectivity index (χ0n) is 16.4.